The Morgan fingerprint density at radius 2 is 1.79 bits per heavy atom. The monoisotopic (exact) mass is 408 g/mol. The van der Waals surface area contributed by atoms with Crippen molar-refractivity contribution >= 4 is 21.6 Å². The van der Waals surface area contributed by atoms with Crippen molar-refractivity contribution in [2.45, 2.75) is 12.7 Å². The van der Waals surface area contributed by atoms with Gasteiger partial charge in [-0.1, -0.05) is 18.2 Å². The predicted octanol–water partition coefficient (Wildman–Crippen LogP) is 2.16. The van der Waals surface area contributed by atoms with Crippen LogP contribution in [0.4, 0.5) is 5.69 Å². The van der Waals surface area contributed by atoms with Gasteiger partial charge < -0.3 is 19.5 Å². The lowest BCUT2D eigenvalue weighted by molar-refractivity contribution is -0.115. The summed E-state index contributed by atoms with van der Waals surface area (Å²) < 4.78 is 42.7. The molecular formula is C19H24N2O6S. The zero-order valence-electron chi connectivity index (χ0n) is 16.0. The Labute approximate surface area is 164 Å². The molecule has 0 aliphatic carbocycles. The largest absolute Gasteiger partial charge is 0.497 e. The molecule has 0 saturated carbocycles. The second kappa shape index (κ2) is 9.95. The van der Waals surface area contributed by atoms with Crippen LogP contribution in [0.1, 0.15) is 12.5 Å². The van der Waals surface area contributed by atoms with Crippen molar-refractivity contribution in [2.24, 2.45) is 0 Å². The first kappa shape index (κ1) is 21.5. The Hall–Kier alpha value is -2.78. The lowest BCUT2D eigenvalue weighted by Gasteiger charge is -2.13. The summed E-state index contributed by atoms with van der Waals surface area (Å²) in [6.45, 7) is 1.88. The van der Waals surface area contributed by atoms with E-state index >= 15 is 0 Å². The quantitative estimate of drug-likeness (QED) is 0.625. The highest BCUT2D eigenvalue weighted by molar-refractivity contribution is 7.88. The predicted molar refractivity (Wildman–Crippen MR) is 106 cm³/mol. The van der Waals surface area contributed by atoms with E-state index in [9.17, 15) is 13.2 Å². The second-order valence-corrected chi connectivity index (χ2v) is 7.54. The highest BCUT2D eigenvalue weighted by Crippen LogP contribution is 2.26. The van der Waals surface area contributed by atoms with E-state index in [1.54, 1.807) is 42.5 Å². The highest BCUT2D eigenvalue weighted by Gasteiger charge is 2.17. The molecule has 0 heterocycles. The zero-order valence-corrected chi connectivity index (χ0v) is 16.8. The number of benzene rings is 2. The molecule has 2 rings (SSSR count). The summed E-state index contributed by atoms with van der Waals surface area (Å²) >= 11 is 0. The van der Waals surface area contributed by atoms with Gasteiger partial charge in [0, 0.05) is 11.6 Å². The minimum Gasteiger partial charge on any atom is -0.497 e. The van der Waals surface area contributed by atoms with E-state index in [4.69, 9.17) is 14.2 Å². The molecule has 152 valence electrons. The molecule has 0 spiro atoms. The molecule has 0 saturated heterocycles. The molecule has 2 aromatic rings. The van der Waals surface area contributed by atoms with Gasteiger partial charge in [0.25, 0.3) is 0 Å². The number of carbonyl (C=O) groups excluding carboxylic acids is 1. The SMILES string of the molecule is CCOc1ccccc1NC(=O)CNS(=O)(=O)Cc1ccc(OC)cc1OC. The van der Waals surface area contributed by atoms with Gasteiger partial charge in [-0.05, 0) is 25.1 Å². The van der Waals surface area contributed by atoms with Gasteiger partial charge in [-0.25, -0.2) is 13.1 Å². The summed E-state index contributed by atoms with van der Waals surface area (Å²) in [6.07, 6.45) is 0. The lowest BCUT2D eigenvalue weighted by atomic mass is 10.2. The van der Waals surface area contributed by atoms with Crippen LogP contribution in [0.25, 0.3) is 0 Å². The van der Waals surface area contributed by atoms with E-state index in [0.717, 1.165) is 0 Å². The topological polar surface area (TPSA) is 103 Å². The number of rotatable bonds is 10. The van der Waals surface area contributed by atoms with Crippen LogP contribution < -0.4 is 24.2 Å². The van der Waals surface area contributed by atoms with Gasteiger partial charge in [0.15, 0.2) is 0 Å². The van der Waals surface area contributed by atoms with E-state index in [-0.39, 0.29) is 5.75 Å². The first-order valence-electron chi connectivity index (χ1n) is 8.58. The molecule has 0 radical (unpaired) electrons. The summed E-state index contributed by atoms with van der Waals surface area (Å²) in [5.74, 6) is 0.628. The Bertz CT molecular complexity index is 914. The van der Waals surface area contributed by atoms with Gasteiger partial charge in [-0.3, -0.25) is 4.79 Å². The van der Waals surface area contributed by atoms with Crippen LogP contribution in [0.3, 0.4) is 0 Å². The van der Waals surface area contributed by atoms with Crippen LogP contribution in [-0.2, 0) is 20.6 Å². The Kier molecular flexibility index (Phi) is 7.65. The number of ether oxygens (including phenoxy) is 3. The molecule has 1 amide bonds. The van der Waals surface area contributed by atoms with E-state index in [1.165, 1.54) is 14.2 Å². The second-order valence-electron chi connectivity index (χ2n) is 5.74. The molecule has 2 aromatic carbocycles. The molecular weight excluding hydrogens is 384 g/mol. The minimum atomic E-state index is -3.76. The third kappa shape index (κ3) is 6.14. The number of sulfonamides is 1. The number of hydrogen-bond donors (Lipinski definition) is 2. The average Bonchev–Trinajstić information content (AvgIpc) is 2.68. The van der Waals surface area contributed by atoms with Gasteiger partial charge in [-0.2, -0.15) is 0 Å². The molecule has 0 bridgehead atoms. The molecule has 2 N–H and O–H groups in total. The van der Waals surface area contributed by atoms with Crippen LogP contribution in [0.2, 0.25) is 0 Å². The first-order valence-corrected chi connectivity index (χ1v) is 10.2. The van der Waals surface area contributed by atoms with Crippen LogP contribution in [0.5, 0.6) is 17.2 Å². The number of anilines is 1. The van der Waals surface area contributed by atoms with E-state index in [0.29, 0.717) is 35.1 Å². The first-order chi connectivity index (χ1) is 13.4. The minimum absolute atomic E-state index is 0.330. The molecule has 0 aliphatic heterocycles. The van der Waals surface area contributed by atoms with Crippen LogP contribution in [0, 0.1) is 0 Å². The molecule has 0 aromatic heterocycles. The number of hydrogen-bond acceptors (Lipinski definition) is 6. The van der Waals surface area contributed by atoms with E-state index in [2.05, 4.69) is 10.0 Å². The molecule has 0 atom stereocenters. The number of nitrogens with one attached hydrogen (secondary N) is 2. The average molecular weight is 408 g/mol. The van der Waals surface area contributed by atoms with E-state index in [1.807, 2.05) is 6.92 Å². The summed E-state index contributed by atoms with van der Waals surface area (Å²) in [7, 11) is -0.802. The Morgan fingerprint density at radius 1 is 1.04 bits per heavy atom. The third-order valence-corrected chi connectivity index (χ3v) is 5.03. The molecule has 0 unspecified atom stereocenters. The summed E-state index contributed by atoms with van der Waals surface area (Å²) in [5, 5.41) is 2.64. The van der Waals surface area contributed by atoms with Crippen molar-refractivity contribution in [3.05, 3.63) is 48.0 Å². The normalized spacial score (nSPS) is 11.0. The van der Waals surface area contributed by atoms with Crippen molar-refractivity contribution in [1.82, 2.24) is 4.72 Å². The van der Waals surface area contributed by atoms with Gasteiger partial charge >= 0.3 is 0 Å². The van der Waals surface area contributed by atoms with Crippen molar-refractivity contribution in [1.29, 1.82) is 0 Å². The fourth-order valence-corrected chi connectivity index (χ4v) is 3.55. The van der Waals surface area contributed by atoms with Gasteiger partial charge in [0.2, 0.25) is 15.9 Å². The summed E-state index contributed by atoms with van der Waals surface area (Å²) in [5.41, 5.74) is 0.934. The zero-order chi connectivity index (χ0) is 20.6. The third-order valence-electron chi connectivity index (χ3n) is 3.75. The van der Waals surface area contributed by atoms with Crippen molar-refractivity contribution in [3.8, 4) is 17.2 Å². The number of methoxy groups -OCH3 is 2. The lowest BCUT2D eigenvalue weighted by Crippen LogP contribution is -2.33. The van der Waals surface area contributed by atoms with Crippen LogP contribution in [-0.4, -0.2) is 41.7 Å². The van der Waals surface area contributed by atoms with Gasteiger partial charge in [-0.15, -0.1) is 0 Å². The maximum absolute atomic E-state index is 12.3. The molecule has 9 heteroatoms. The molecule has 8 nitrogen and oxygen atoms in total. The van der Waals surface area contributed by atoms with Crippen molar-refractivity contribution < 1.29 is 27.4 Å². The van der Waals surface area contributed by atoms with Crippen LogP contribution >= 0.6 is 0 Å². The molecule has 0 fully saturated rings. The molecule has 0 aliphatic rings. The van der Waals surface area contributed by atoms with Crippen molar-refractivity contribution in [2.75, 3.05) is 32.7 Å². The Morgan fingerprint density at radius 3 is 2.46 bits per heavy atom. The maximum atomic E-state index is 12.3. The highest BCUT2D eigenvalue weighted by atomic mass is 32.2. The number of carbonyl (C=O) groups is 1. The summed E-state index contributed by atoms with van der Waals surface area (Å²) in [4.78, 5) is 12.1. The maximum Gasteiger partial charge on any atom is 0.239 e. The van der Waals surface area contributed by atoms with Crippen LogP contribution in [0.15, 0.2) is 42.5 Å². The smallest absolute Gasteiger partial charge is 0.239 e. The van der Waals surface area contributed by atoms with E-state index < -0.39 is 22.5 Å². The standard InChI is InChI=1S/C19H24N2O6S/c1-4-27-17-8-6-5-7-16(17)21-19(22)12-20-28(23,24)13-14-9-10-15(25-2)11-18(14)26-3/h5-11,20H,4,12-13H2,1-3H3,(H,21,22). The number of para-hydroxylation sites is 2. The molecule has 28 heavy (non-hydrogen) atoms. The fourth-order valence-electron chi connectivity index (χ4n) is 2.45. The fraction of sp³-hybridized carbons (Fsp3) is 0.316. The van der Waals surface area contributed by atoms with Crippen molar-refractivity contribution in [3.63, 3.8) is 0 Å². The Balaban J connectivity index is 1.99. The number of amides is 1. The van der Waals surface area contributed by atoms with Gasteiger partial charge in [0.05, 0.1) is 38.8 Å². The summed E-state index contributed by atoms with van der Waals surface area (Å²) in [6, 6.07) is 11.8. The van der Waals surface area contributed by atoms with Gasteiger partial charge in [0.1, 0.15) is 17.2 Å².